The van der Waals surface area contributed by atoms with Gasteiger partial charge in [-0.15, -0.1) is 0 Å². The Kier molecular flexibility index (Phi) is 7.70. The van der Waals surface area contributed by atoms with Crippen LogP contribution in [0.15, 0.2) is 22.7 Å². The molecule has 1 aromatic rings. The lowest BCUT2D eigenvalue weighted by atomic mass is 10.1. The van der Waals surface area contributed by atoms with E-state index in [0.717, 1.165) is 10.0 Å². The Hall–Kier alpha value is -0.350. The number of ether oxygens (including phenoxy) is 1. The first-order chi connectivity index (χ1) is 7.19. The quantitative estimate of drug-likeness (QED) is 0.598. The number of alkyl halides is 1. The van der Waals surface area contributed by atoms with Crippen LogP contribution in [0.3, 0.4) is 0 Å². The molecule has 0 atom stereocenters. The number of benzene rings is 1. The predicted molar refractivity (Wildman–Crippen MR) is 69.5 cm³/mol. The van der Waals surface area contributed by atoms with Crippen molar-refractivity contribution in [3.05, 3.63) is 33.8 Å². The van der Waals surface area contributed by atoms with E-state index >= 15 is 0 Å². The van der Waals surface area contributed by atoms with E-state index in [-0.39, 0.29) is 5.97 Å². The van der Waals surface area contributed by atoms with E-state index in [0.29, 0.717) is 10.9 Å². The summed E-state index contributed by atoms with van der Waals surface area (Å²) in [5.74, 6) is -0.310. The molecule has 0 radical (unpaired) electrons. The van der Waals surface area contributed by atoms with Crippen LogP contribution in [0.25, 0.3) is 0 Å². The van der Waals surface area contributed by atoms with Gasteiger partial charge in [0, 0.05) is 9.80 Å². The molecule has 84 valence electrons. The van der Waals surface area contributed by atoms with Gasteiger partial charge >= 0.3 is 5.97 Å². The highest BCUT2D eigenvalue weighted by Crippen LogP contribution is 2.20. The molecule has 2 nitrogen and oxygen atoms in total. The topological polar surface area (TPSA) is 26.3 Å². The molecule has 0 unspecified atom stereocenters. The third-order valence-corrected chi connectivity index (χ3v) is 2.99. The Bertz CT molecular complexity index is 324. The molecule has 0 aliphatic heterocycles. The van der Waals surface area contributed by atoms with Crippen molar-refractivity contribution >= 4 is 37.8 Å². The molecule has 0 spiro atoms. The third-order valence-electron chi connectivity index (χ3n) is 1.61. The van der Waals surface area contributed by atoms with Crippen LogP contribution in [0.1, 0.15) is 29.8 Å². The molecule has 0 N–H and O–H groups in total. The minimum Gasteiger partial charge on any atom is -0.465 e. The van der Waals surface area contributed by atoms with Crippen LogP contribution in [-0.4, -0.2) is 13.1 Å². The fraction of sp³-hybridized carbons (Fsp3) is 0.364. The van der Waals surface area contributed by atoms with Gasteiger partial charge < -0.3 is 4.74 Å². The largest absolute Gasteiger partial charge is 0.465 e. The normalized spacial score (nSPS) is 8.87. The van der Waals surface area contributed by atoms with Crippen LogP contribution < -0.4 is 0 Å². The summed E-state index contributed by atoms with van der Waals surface area (Å²) in [6, 6.07) is 5.36. The van der Waals surface area contributed by atoms with E-state index in [2.05, 4.69) is 36.6 Å². The van der Waals surface area contributed by atoms with E-state index in [1.807, 2.05) is 19.9 Å². The molecule has 0 aliphatic carbocycles. The Morgan fingerprint density at radius 1 is 1.40 bits per heavy atom. The number of methoxy groups -OCH3 is 1. The average Bonchev–Trinajstić information content (AvgIpc) is 2.31. The molecule has 15 heavy (non-hydrogen) atoms. The number of hydrogen-bond acceptors (Lipinski definition) is 2. The lowest BCUT2D eigenvalue weighted by Gasteiger charge is -2.03. The molecule has 0 saturated heterocycles. The van der Waals surface area contributed by atoms with E-state index in [1.165, 1.54) is 7.11 Å². The zero-order valence-corrected chi connectivity index (χ0v) is 12.2. The summed E-state index contributed by atoms with van der Waals surface area (Å²) in [5, 5.41) is 0.707. The van der Waals surface area contributed by atoms with Gasteiger partial charge in [0.25, 0.3) is 0 Å². The molecule has 0 aliphatic rings. The highest BCUT2D eigenvalue weighted by Gasteiger charge is 2.07. The average molecular weight is 338 g/mol. The minimum atomic E-state index is -0.310. The lowest BCUT2D eigenvalue weighted by Crippen LogP contribution is -2.01. The van der Waals surface area contributed by atoms with E-state index < -0.39 is 0 Å². The third kappa shape index (κ3) is 4.34. The van der Waals surface area contributed by atoms with E-state index in [4.69, 9.17) is 0 Å². The van der Waals surface area contributed by atoms with Crippen molar-refractivity contribution < 1.29 is 9.53 Å². The maximum atomic E-state index is 11.1. The molecular formula is C11H14Br2O2. The van der Waals surface area contributed by atoms with Gasteiger partial charge in [0.05, 0.1) is 12.7 Å². The molecule has 4 heteroatoms. The molecule has 0 bridgehead atoms. The Labute approximate surface area is 107 Å². The van der Waals surface area contributed by atoms with Gasteiger partial charge in [-0.2, -0.15) is 0 Å². The number of rotatable bonds is 2. The molecule has 1 aromatic carbocycles. The molecule has 0 fully saturated rings. The second-order valence-electron chi connectivity index (χ2n) is 2.43. The maximum absolute atomic E-state index is 11.1. The first kappa shape index (κ1) is 14.6. The first-order valence-electron chi connectivity index (χ1n) is 4.61. The van der Waals surface area contributed by atoms with E-state index in [9.17, 15) is 4.79 Å². The summed E-state index contributed by atoms with van der Waals surface area (Å²) in [5.41, 5.74) is 1.60. The Morgan fingerprint density at radius 2 is 2.00 bits per heavy atom. The Balaban J connectivity index is 0.000000921. The van der Waals surface area contributed by atoms with Gasteiger partial charge in [-0.1, -0.05) is 45.7 Å². The SMILES string of the molecule is CC.COC(=O)c1ccc(Br)c(CBr)c1. The number of hydrogen-bond donors (Lipinski definition) is 0. The summed E-state index contributed by atoms with van der Waals surface area (Å²) < 4.78 is 5.59. The summed E-state index contributed by atoms with van der Waals surface area (Å²) in [4.78, 5) is 11.1. The van der Waals surface area contributed by atoms with Crippen molar-refractivity contribution in [1.29, 1.82) is 0 Å². The van der Waals surface area contributed by atoms with Crippen molar-refractivity contribution in [3.8, 4) is 0 Å². The highest BCUT2D eigenvalue weighted by molar-refractivity contribution is 9.10. The van der Waals surface area contributed by atoms with Crippen molar-refractivity contribution in [2.24, 2.45) is 0 Å². The van der Waals surface area contributed by atoms with Crippen LogP contribution in [-0.2, 0) is 10.1 Å². The number of halogens is 2. The molecule has 1 rings (SSSR count). The van der Waals surface area contributed by atoms with Gasteiger partial charge in [0.15, 0.2) is 0 Å². The standard InChI is InChI=1S/C9H8Br2O2.C2H6/c1-13-9(12)6-2-3-8(11)7(4-6)5-10;1-2/h2-4H,5H2,1H3;1-2H3. The fourth-order valence-corrected chi connectivity index (χ4v) is 2.15. The maximum Gasteiger partial charge on any atom is 0.337 e. The van der Waals surface area contributed by atoms with Crippen LogP contribution >= 0.6 is 31.9 Å². The van der Waals surface area contributed by atoms with E-state index in [1.54, 1.807) is 12.1 Å². The zero-order valence-electron chi connectivity index (χ0n) is 9.01. The molecule has 0 amide bonds. The molecule has 0 saturated carbocycles. The minimum absolute atomic E-state index is 0.310. The molecular weight excluding hydrogens is 324 g/mol. The van der Waals surface area contributed by atoms with Crippen LogP contribution in [0.5, 0.6) is 0 Å². The van der Waals surface area contributed by atoms with Gasteiger partial charge in [0.2, 0.25) is 0 Å². The van der Waals surface area contributed by atoms with Gasteiger partial charge in [0.1, 0.15) is 0 Å². The number of esters is 1. The monoisotopic (exact) mass is 336 g/mol. The van der Waals surface area contributed by atoms with Crippen molar-refractivity contribution in [2.75, 3.05) is 7.11 Å². The smallest absolute Gasteiger partial charge is 0.337 e. The lowest BCUT2D eigenvalue weighted by molar-refractivity contribution is 0.0600. The van der Waals surface area contributed by atoms with Gasteiger partial charge in [-0.3, -0.25) is 0 Å². The number of carbonyl (C=O) groups is 1. The summed E-state index contributed by atoms with van der Waals surface area (Å²) >= 11 is 6.71. The zero-order chi connectivity index (χ0) is 11.8. The summed E-state index contributed by atoms with van der Waals surface area (Å²) in [7, 11) is 1.37. The van der Waals surface area contributed by atoms with Gasteiger partial charge in [-0.05, 0) is 23.8 Å². The van der Waals surface area contributed by atoms with Crippen molar-refractivity contribution in [2.45, 2.75) is 19.2 Å². The van der Waals surface area contributed by atoms with Gasteiger partial charge in [-0.25, -0.2) is 4.79 Å². The van der Waals surface area contributed by atoms with Crippen LogP contribution in [0, 0.1) is 0 Å². The second kappa shape index (κ2) is 7.88. The van der Waals surface area contributed by atoms with Crippen molar-refractivity contribution in [1.82, 2.24) is 0 Å². The second-order valence-corrected chi connectivity index (χ2v) is 3.85. The molecule has 0 heterocycles. The predicted octanol–water partition coefficient (Wildman–Crippen LogP) is 4.16. The number of carbonyl (C=O) groups excluding carboxylic acids is 1. The summed E-state index contributed by atoms with van der Waals surface area (Å²) in [6.07, 6.45) is 0. The molecule has 0 aromatic heterocycles. The Morgan fingerprint density at radius 3 is 2.47 bits per heavy atom. The van der Waals surface area contributed by atoms with Crippen molar-refractivity contribution in [3.63, 3.8) is 0 Å². The highest BCUT2D eigenvalue weighted by atomic mass is 79.9. The van der Waals surface area contributed by atoms with Crippen LogP contribution in [0.4, 0.5) is 0 Å². The first-order valence-corrected chi connectivity index (χ1v) is 6.53. The fourth-order valence-electron chi connectivity index (χ4n) is 0.922. The van der Waals surface area contributed by atoms with Crippen LogP contribution in [0.2, 0.25) is 0 Å². The summed E-state index contributed by atoms with van der Waals surface area (Å²) in [6.45, 7) is 4.00.